The number of aromatic nitrogens is 4. The fourth-order valence-electron chi connectivity index (χ4n) is 2.66. The molecular formula is C19H14F3N5O. The molecule has 1 N–H and O–H groups in total. The van der Waals surface area contributed by atoms with Gasteiger partial charge in [-0.25, -0.2) is 9.97 Å². The average Bonchev–Trinajstić information content (AvgIpc) is 3.10. The van der Waals surface area contributed by atoms with Gasteiger partial charge in [-0.05, 0) is 42.5 Å². The van der Waals surface area contributed by atoms with E-state index in [4.69, 9.17) is 4.74 Å². The minimum Gasteiger partial charge on any atom is -0.481 e. The number of hydrogen-bond donors (Lipinski definition) is 1. The van der Waals surface area contributed by atoms with E-state index in [-0.39, 0.29) is 0 Å². The Labute approximate surface area is 157 Å². The molecule has 0 amide bonds. The van der Waals surface area contributed by atoms with Gasteiger partial charge in [0.1, 0.15) is 0 Å². The number of methoxy groups -OCH3 is 1. The van der Waals surface area contributed by atoms with Crippen LogP contribution in [0, 0.1) is 0 Å². The summed E-state index contributed by atoms with van der Waals surface area (Å²) in [6, 6.07) is 11.9. The second-order valence-electron chi connectivity index (χ2n) is 5.92. The van der Waals surface area contributed by atoms with E-state index in [9.17, 15) is 13.2 Å². The van der Waals surface area contributed by atoms with Crippen molar-refractivity contribution in [1.82, 2.24) is 19.6 Å². The van der Waals surface area contributed by atoms with Crippen molar-refractivity contribution in [2.45, 2.75) is 6.18 Å². The number of nitrogens with one attached hydrogen (secondary N) is 1. The van der Waals surface area contributed by atoms with Crippen LogP contribution in [0.1, 0.15) is 5.56 Å². The molecule has 3 aromatic heterocycles. The molecule has 6 nitrogen and oxygen atoms in total. The van der Waals surface area contributed by atoms with Crippen LogP contribution < -0.4 is 10.1 Å². The van der Waals surface area contributed by atoms with E-state index in [1.54, 1.807) is 29.0 Å². The Morgan fingerprint density at radius 1 is 0.929 bits per heavy atom. The number of ether oxygens (including phenoxy) is 1. The van der Waals surface area contributed by atoms with Crippen LogP contribution in [0.15, 0.2) is 60.9 Å². The minimum absolute atomic E-state index is 0.494. The lowest BCUT2D eigenvalue weighted by Gasteiger charge is -2.09. The molecule has 0 aliphatic heterocycles. The zero-order valence-electron chi connectivity index (χ0n) is 14.6. The van der Waals surface area contributed by atoms with Crippen LogP contribution in [0.2, 0.25) is 0 Å². The van der Waals surface area contributed by atoms with Crippen molar-refractivity contribution in [3.05, 3.63) is 66.5 Å². The first-order valence-electron chi connectivity index (χ1n) is 8.23. The third-order valence-electron chi connectivity index (χ3n) is 4.09. The molecule has 0 aliphatic rings. The van der Waals surface area contributed by atoms with Crippen LogP contribution in [0.5, 0.6) is 5.88 Å². The summed E-state index contributed by atoms with van der Waals surface area (Å²) >= 11 is 0. The van der Waals surface area contributed by atoms with Gasteiger partial charge in [0.2, 0.25) is 5.88 Å². The van der Waals surface area contributed by atoms with E-state index >= 15 is 0 Å². The van der Waals surface area contributed by atoms with Gasteiger partial charge in [0.25, 0.3) is 0 Å². The summed E-state index contributed by atoms with van der Waals surface area (Å²) in [5, 5.41) is 7.58. The molecule has 1 aromatic carbocycles. The van der Waals surface area contributed by atoms with E-state index < -0.39 is 11.7 Å². The maximum absolute atomic E-state index is 12.7. The number of benzene rings is 1. The average molecular weight is 385 g/mol. The molecule has 28 heavy (non-hydrogen) atoms. The molecule has 9 heteroatoms. The summed E-state index contributed by atoms with van der Waals surface area (Å²) in [7, 11) is 1.54. The third-order valence-corrected chi connectivity index (χ3v) is 4.09. The molecule has 0 bridgehead atoms. The molecule has 4 aromatic rings. The van der Waals surface area contributed by atoms with Gasteiger partial charge in [-0.15, -0.1) is 0 Å². The number of imidazole rings is 1. The number of halogens is 3. The lowest BCUT2D eigenvalue weighted by Crippen LogP contribution is -2.05. The van der Waals surface area contributed by atoms with Crippen LogP contribution >= 0.6 is 0 Å². The molecule has 0 saturated carbocycles. The van der Waals surface area contributed by atoms with Gasteiger partial charge in [0.15, 0.2) is 11.5 Å². The zero-order chi connectivity index (χ0) is 19.7. The quantitative estimate of drug-likeness (QED) is 0.558. The molecule has 0 spiro atoms. The van der Waals surface area contributed by atoms with Crippen molar-refractivity contribution >= 4 is 17.2 Å². The van der Waals surface area contributed by atoms with Crippen molar-refractivity contribution in [2.75, 3.05) is 12.4 Å². The van der Waals surface area contributed by atoms with E-state index in [0.29, 0.717) is 28.7 Å². The first kappa shape index (κ1) is 17.8. The highest BCUT2D eigenvalue weighted by atomic mass is 19.4. The van der Waals surface area contributed by atoms with Crippen LogP contribution in [0.3, 0.4) is 0 Å². The largest absolute Gasteiger partial charge is 0.481 e. The smallest absolute Gasteiger partial charge is 0.416 e. The lowest BCUT2D eigenvalue weighted by atomic mass is 10.2. The second kappa shape index (κ2) is 6.84. The van der Waals surface area contributed by atoms with Crippen molar-refractivity contribution in [1.29, 1.82) is 0 Å². The summed E-state index contributed by atoms with van der Waals surface area (Å²) in [4.78, 5) is 8.42. The van der Waals surface area contributed by atoms with Crippen LogP contribution in [0.25, 0.3) is 16.9 Å². The standard InChI is InChI=1S/C19H14F3N5O/c1-28-18-9-2-12(10-24-18)15-7-8-16-23-11-17(27(16)26-15)25-14-5-3-13(4-6-14)19(20,21)22/h2-11,25H,1H3. The fraction of sp³-hybridized carbons (Fsp3) is 0.105. The number of anilines is 2. The van der Waals surface area contributed by atoms with Crippen molar-refractivity contribution in [3.8, 4) is 17.1 Å². The number of pyridine rings is 1. The third kappa shape index (κ3) is 3.46. The van der Waals surface area contributed by atoms with Crippen molar-refractivity contribution in [3.63, 3.8) is 0 Å². The highest BCUT2D eigenvalue weighted by molar-refractivity contribution is 5.63. The van der Waals surface area contributed by atoms with E-state index in [1.165, 1.54) is 19.2 Å². The molecule has 0 radical (unpaired) electrons. The molecule has 0 saturated heterocycles. The summed E-state index contributed by atoms with van der Waals surface area (Å²) in [6.07, 6.45) is -1.16. The number of fused-ring (bicyclic) bond motifs is 1. The van der Waals surface area contributed by atoms with E-state index in [2.05, 4.69) is 20.4 Å². The molecule has 142 valence electrons. The summed E-state index contributed by atoms with van der Waals surface area (Å²) in [5.41, 5.74) is 1.84. The van der Waals surface area contributed by atoms with Crippen LogP contribution in [-0.4, -0.2) is 26.7 Å². The monoisotopic (exact) mass is 385 g/mol. The van der Waals surface area contributed by atoms with E-state index in [0.717, 1.165) is 17.7 Å². The molecule has 0 fully saturated rings. The number of rotatable bonds is 4. The van der Waals surface area contributed by atoms with E-state index in [1.807, 2.05) is 12.1 Å². The Bertz CT molecular complexity index is 1110. The van der Waals surface area contributed by atoms with Gasteiger partial charge in [-0.2, -0.15) is 22.8 Å². The Kier molecular flexibility index (Phi) is 4.34. The Morgan fingerprint density at radius 3 is 2.36 bits per heavy atom. The van der Waals surface area contributed by atoms with Gasteiger partial charge in [-0.3, -0.25) is 0 Å². The highest BCUT2D eigenvalue weighted by Gasteiger charge is 2.29. The molecule has 0 unspecified atom stereocenters. The van der Waals surface area contributed by atoms with Gasteiger partial charge in [-0.1, -0.05) is 0 Å². The van der Waals surface area contributed by atoms with Gasteiger partial charge in [0.05, 0.1) is 24.6 Å². The molecule has 0 atom stereocenters. The summed E-state index contributed by atoms with van der Waals surface area (Å²) in [6.45, 7) is 0. The Balaban J connectivity index is 1.64. The second-order valence-corrected chi connectivity index (χ2v) is 5.92. The molecule has 0 aliphatic carbocycles. The number of nitrogens with zero attached hydrogens (tertiary/aromatic N) is 4. The lowest BCUT2D eigenvalue weighted by molar-refractivity contribution is -0.137. The summed E-state index contributed by atoms with van der Waals surface area (Å²) < 4.78 is 44.7. The van der Waals surface area contributed by atoms with Crippen molar-refractivity contribution < 1.29 is 17.9 Å². The normalized spacial score (nSPS) is 11.6. The van der Waals surface area contributed by atoms with Crippen LogP contribution in [0.4, 0.5) is 24.7 Å². The first-order chi connectivity index (χ1) is 13.4. The zero-order valence-corrected chi connectivity index (χ0v) is 14.6. The SMILES string of the molecule is COc1ccc(-c2ccc3ncc(Nc4ccc(C(F)(F)F)cc4)n3n2)cn1. The first-order valence-corrected chi connectivity index (χ1v) is 8.23. The minimum atomic E-state index is -4.37. The Morgan fingerprint density at radius 2 is 1.71 bits per heavy atom. The number of hydrogen-bond acceptors (Lipinski definition) is 5. The van der Waals surface area contributed by atoms with Gasteiger partial charge < -0.3 is 10.1 Å². The van der Waals surface area contributed by atoms with Gasteiger partial charge >= 0.3 is 6.18 Å². The molecule has 3 heterocycles. The predicted octanol–water partition coefficient (Wildman–Crippen LogP) is 4.56. The maximum atomic E-state index is 12.7. The molecule has 4 rings (SSSR count). The van der Waals surface area contributed by atoms with Crippen LogP contribution in [-0.2, 0) is 6.18 Å². The fourth-order valence-corrected chi connectivity index (χ4v) is 2.66. The topological polar surface area (TPSA) is 64.3 Å². The number of alkyl halides is 3. The Hall–Kier alpha value is -3.62. The summed E-state index contributed by atoms with van der Waals surface area (Å²) in [5.74, 6) is 1.02. The highest BCUT2D eigenvalue weighted by Crippen LogP contribution is 2.30. The maximum Gasteiger partial charge on any atom is 0.416 e. The van der Waals surface area contributed by atoms with Gasteiger partial charge in [0, 0.05) is 23.5 Å². The van der Waals surface area contributed by atoms with Crippen molar-refractivity contribution in [2.24, 2.45) is 0 Å². The molecular weight excluding hydrogens is 371 g/mol. The predicted molar refractivity (Wildman–Crippen MR) is 97.5 cm³/mol.